The van der Waals surface area contributed by atoms with Crippen LogP contribution < -0.4 is 10.2 Å². The molecule has 0 aliphatic carbocycles. The van der Waals surface area contributed by atoms with Gasteiger partial charge < -0.3 is 10.2 Å². The van der Waals surface area contributed by atoms with Crippen molar-refractivity contribution in [1.82, 2.24) is 10.2 Å². The van der Waals surface area contributed by atoms with E-state index in [1.165, 1.54) is 17.7 Å². The van der Waals surface area contributed by atoms with Gasteiger partial charge in [-0.25, -0.2) is 0 Å². The molecule has 0 bridgehead atoms. The molecule has 0 unspecified atom stereocenters. The molecule has 1 N–H and O–H groups in total. The van der Waals surface area contributed by atoms with Crippen LogP contribution in [-0.2, 0) is 0 Å². The highest BCUT2D eigenvalue weighted by Crippen LogP contribution is 2.26. The van der Waals surface area contributed by atoms with Gasteiger partial charge in [-0.15, -0.1) is 24.8 Å². The number of benzene rings is 1. The highest BCUT2D eigenvalue weighted by Gasteiger charge is 2.20. The van der Waals surface area contributed by atoms with Crippen molar-refractivity contribution in [1.29, 1.82) is 0 Å². The standard InChI is InChI=1S/C17H29N3.2ClH/c1-4-17(20-13-11-18-12-14-20)15-7-9-16(10-8-15)19(5-2)6-3;;/h7-10,17-18H,4-6,11-14H2,1-3H3;2*1H/t17-;;/m0../s1. The predicted molar refractivity (Wildman–Crippen MR) is 102 cm³/mol. The number of nitrogens with one attached hydrogen (secondary N) is 1. The average Bonchev–Trinajstić information content (AvgIpc) is 2.52. The Balaban J connectivity index is 0.00000220. The highest BCUT2D eigenvalue weighted by atomic mass is 35.5. The third-order valence-corrected chi connectivity index (χ3v) is 4.39. The van der Waals surface area contributed by atoms with Crippen molar-refractivity contribution >= 4 is 30.5 Å². The lowest BCUT2D eigenvalue weighted by Crippen LogP contribution is -2.45. The largest absolute Gasteiger partial charge is 0.372 e. The molecule has 0 spiro atoms. The van der Waals surface area contributed by atoms with Crippen LogP contribution in [-0.4, -0.2) is 44.2 Å². The van der Waals surface area contributed by atoms with Gasteiger partial charge in [-0.05, 0) is 38.0 Å². The van der Waals surface area contributed by atoms with E-state index in [1.807, 2.05) is 0 Å². The number of hydrogen-bond acceptors (Lipinski definition) is 3. The smallest absolute Gasteiger partial charge is 0.0366 e. The Morgan fingerprint density at radius 1 is 1.00 bits per heavy atom. The second kappa shape index (κ2) is 11.1. The van der Waals surface area contributed by atoms with E-state index in [0.717, 1.165) is 39.3 Å². The molecular weight excluding hydrogens is 317 g/mol. The van der Waals surface area contributed by atoms with Crippen molar-refractivity contribution in [2.75, 3.05) is 44.2 Å². The van der Waals surface area contributed by atoms with Crippen molar-refractivity contribution in [3.05, 3.63) is 29.8 Å². The summed E-state index contributed by atoms with van der Waals surface area (Å²) in [6, 6.07) is 9.79. The van der Waals surface area contributed by atoms with Crippen LogP contribution >= 0.6 is 24.8 Å². The maximum atomic E-state index is 3.44. The Bertz CT molecular complexity index is 387. The average molecular weight is 348 g/mol. The molecule has 22 heavy (non-hydrogen) atoms. The van der Waals surface area contributed by atoms with E-state index in [4.69, 9.17) is 0 Å². The van der Waals surface area contributed by atoms with E-state index in [-0.39, 0.29) is 24.8 Å². The summed E-state index contributed by atoms with van der Waals surface area (Å²) in [5, 5.41) is 3.44. The Morgan fingerprint density at radius 3 is 2.00 bits per heavy atom. The third kappa shape index (κ3) is 5.31. The van der Waals surface area contributed by atoms with Gasteiger partial charge in [0.05, 0.1) is 0 Å². The van der Waals surface area contributed by atoms with Crippen LogP contribution in [0.1, 0.15) is 38.8 Å². The lowest BCUT2D eigenvalue weighted by molar-refractivity contribution is 0.169. The normalized spacial score (nSPS) is 16.3. The monoisotopic (exact) mass is 347 g/mol. The summed E-state index contributed by atoms with van der Waals surface area (Å²) >= 11 is 0. The summed E-state index contributed by atoms with van der Waals surface area (Å²) in [6.45, 7) is 13.4. The van der Waals surface area contributed by atoms with Crippen molar-refractivity contribution in [3.8, 4) is 0 Å². The molecule has 0 aromatic heterocycles. The van der Waals surface area contributed by atoms with Gasteiger partial charge in [0, 0.05) is 51.0 Å². The fourth-order valence-electron chi connectivity index (χ4n) is 3.19. The molecular formula is C17H31Cl2N3. The first-order valence-electron chi connectivity index (χ1n) is 8.09. The van der Waals surface area contributed by atoms with Gasteiger partial charge in [0.15, 0.2) is 0 Å². The molecule has 5 heteroatoms. The zero-order chi connectivity index (χ0) is 14.4. The third-order valence-electron chi connectivity index (χ3n) is 4.39. The molecule has 1 fully saturated rings. The molecule has 1 aromatic rings. The number of rotatable bonds is 6. The molecule has 1 aliphatic rings. The van der Waals surface area contributed by atoms with Crippen molar-refractivity contribution in [3.63, 3.8) is 0 Å². The van der Waals surface area contributed by atoms with Crippen molar-refractivity contribution in [2.45, 2.75) is 33.2 Å². The summed E-state index contributed by atoms with van der Waals surface area (Å²) < 4.78 is 0. The molecule has 0 amide bonds. The van der Waals surface area contributed by atoms with Crippen molar-refractivity contribution < 1.29 is 0 Å². The summed E-state index contributed by atoms with van der Waals surface area (Å²) in [5.41, 5.74) is 2.80. The van der Waals surface area contributed by atoms with E-state index in [2.05, 4.69) is 60.2 Å². The Labute approximate surface area is 148 Å². The number of hydrogen-bond donors (Lipinski definition) is 1. The predicted octanol–water partition coefficient (Wildman–Crippen LogP) is 3.73. The number of piperazine rings is 1. The molecule has 1 heterocycles. The minimum Gasteiger partial charge on any atom is -0.372 e. The first-order valence-corrected chi connectivity index (χ1v) is 8.09. The molecule has 1 saturated heterocycles. The molecule has 128 valence electrons. The minimum atomic E-state index is 0. The first-order chi connectivity index (χ1) is 9.80. The zero-order valence-electron chi connectivity index (χ0n) is 14.0. The van der Waals surface area contributed by atoms with Crippen LogP contribution in [0.25, 0.3) is 0 Å². The molecule has 0 saturated carbocycles. The number of anilines is 1. The molecule has 0 radical (unpaired) electrons. The summed E-state index contributed by atoms with van der Waals surface area (Å²) in [5.74, 6) is 0. The fraction of sp³-hybridized carbons (Fsp3) is 0.647. The van der Waals surface area contributed by atoms with E-state index < -0.39 is 0 Å². The first kappa shape index (κ1) is 21.5. The van der Waals surface area contributed by atoms with Crippen LogP contribution in [0.3, 0.4) is 0 Å². The summed E-state index contributed by atoms with van der Waals surface area (Å²) in [7, 11) is 0. The number of halogens is 2. The van der Waals surface area contributed by atoms with Gasteiger partial charge in [-0.1, -0.05) is 19.1 Å². The van der Waals surface area contributed by atoms with E-state index in [9.17, 15) is 0 Å². The minimum absolute atomic E-state index is 0. The summed E-state index contributed by atoms with van der Waals surface area (Å²) in [4.78, 5) is 5.01. The Kier molecular flexibility index (Phi) is 10.9. The van der Waals surface area contributed by atoms with E-state index in [1.54, 1.807) is 0 Å². The van der Waals surface area contributed by atoms with Crippen LogP contribution in [0.15, 0.2) is 24.3 Å². The van der Waals surface area contributed by atoms with E-state index >= 15 is 0 Å². The van der Waals surface area contributed by atoms with Gasteiger partial charge in [-0.3, -0.25) is 4.90 Å². The topological polar surface area (TPSA) is 18.5 Å². The lowest BCUT2D eigenvalue weighted by Gasteiger charge is -2.35. The van der Waals surface area contributed by atoms with Gasteiger partial charge in [0.25, 0.3) is 0 Å². The second-order valence-corrected chi connectivity index (χ2v) is 5.47. The molecule has 3 nitrogen and oxygen atoms in total. The van der Waals surface area contributed by atoms with Crippen LogP contribution in [0.2, 0.25) is 0 Å². The van der Waals surface area contributed by atoms with Gasteiger partial charge in [0.2, 0.25) is 0 Å². The maximum absolute atomic E-state index is 3.44. The SMILES string of the molecule is CC[C@@H](c1ccc(N(CC)CC)cc1)N1CCNCC1.Cl.Cl. The molecule has 1 atom stereocenters. The fourth-order valence-corrected chi connectivity index (χ4v) is 3.19. The maximum Gasteiger partial charge on any atom is 0.0366 e. The second-order valence-electron chi connectivity index (χ2n) is 5.47. The van der Waals surface area contributed by atoms with Gasteiger partial charge in [0.1, 0.15) is 0 Å². The highest BCUT2D eigenvalue weighted by molar-refractivity contribution is 5.85. The van der Waals surface area contributed by atoms with Crippen molar-refractivity contribution in [2.24, 2.45) is 0 Å². The quantitative estimate of drug-likeness (QED) is 0.845. The number of nitrogens with zero attached hydrogens (tertiary/aromatic N) is 2. The zero-order valence-corrected chi connectivity index (χ0v) is 15.7. The van der Waals surface area contributed by atoms with Crippen LogP contribution in [0, 0.1) is 0 Å². The van der Waals surface area contributed by atoms with Gasteiger partial charge >= 0.3 is 0 Å². The van der Waals surface area contributed by atoms with Crippen LogP contribution in [0.4, 0.5) is 5.69 Å². The summed E-state index contributed by atoms with van der Waals surface area (Å²) in [6.07, 6.45) is 1.19. The van der Waals surface area contributed by atoms with Crippen LogP contribution in [0.5, 0.6) is 0 Å². The lowest BCUT2D eigenvalue weighted by atomic mass is 10.0. The van der Waals surface area contributed by atoms with Gasteiger partial charge in [-0.2, -0.15) is 0 Å². The molecule has 2 rings (SSSR count). The Morgan fingerprint density at radius 2 is 1.55 bits per heavy atom. The Hall–Kier alpha value is -0.480. The molecule has 1 aliphatic heterocycles. The van der Waals surface area contributed by atoms with E-state index in [0.29, 0.717) is 6.04 Å². The molecule has 1 aromatic carbocycles.